The van der Waals surface area contributed by atoms with Crippen LogP contribution in [0.5, 0.6) is 17.2 Å². The number of methoxy groups -OCH3 is 3. The van der Waals surface area contributed by atoms with E-state index in [4.69, 9.17) is 14.2 Å². The molecule has 2 aromatic rings. The second-order valence-corrected chi connectivity index (χ2v) is 5.56. The Morgan fingerprint density at radius 2 is 1.55 bits per heavy atom. The van der Waals surface area contributed by atoms with Crippen LogP contribution in [0.2, 0.25) is 0 Å². The molecule has 106 valence electrons. The molecule has 3 nitrogen and oxygen atoms in total. The van der Waals surface area contributed by atoms with E-state index in [1.807, 2.05) is 18.2 Å². The first-order valence-electron chi connectivity index (χ1n) is 6.22. The average molecular weight is 290 g/mol. The van der Waals surface area contributed by atoms with Gasteiger partial charge in [-0.05, 0) is 42.8 Å². The van der Waals surface area contributed by atoms with Crippen LogP contribution in [0.15, 0.2) is 24.3 Å². The molecule has 0 unspecified atom stereocenters. The topological polar surface area (TPSA) is 27.7 Å². The Hall–Kier alpha value is -1.94. The Morgan fingerprint density at radius 1 is 0.900 bits per heavy atom. The first kappa shape index (κ1) is 14.5. The summed E-state index contributed by atoms with van der Waals surface area (Å²) in [5, 5.41) is 0. The van der Waals surface area contributed by atoms with Crippen LogP contribution >= 0.6 is 11.3 Å². The van der Waals surface area contributed by atoms with Gasteiger partial charge in [0.25, 0.3) is 0 Å². The number of rotatable bonds is 5. The largest absolute Gasteiger partial charge is 0.493 e. The first-order valence-corrected chi connectivity index (χ1v) is 7.04. The molecule has 0 aliphatic carbocycles. The molecular weight excluding hydrogens is 272 g/mol. The number of hydrogen-bond donors (Lipinski definition) is 0. The van der Waals surface area contributed by atoms with Gasteiger partial charge in [-0.3, -0.25) is 0 Å². The molecule has 0 spiro atoms. The Bertz CT molecular complexity index is 589. The van der Waals surface area contributed by atoms with Crippen LogP contribution in [0.4, 0.5) is 0 Å². The smallest absolute Gasteiger partial charge is 0.203 e. The van der Waals surface area contributed by atoms with Gasteiger partial charge in [0, 0.05) is 9.75 Å². The van der Waals surface area contributed by atoms with Crippen molar-refractivity contribution in [2.45, 2.75) is 6.92 Å². The maximum absolute atomic E-state index is 5.34. The molecule has 0 saturated heterocycles. The summed E-state index contributed by atoms with van der Waals surface area (Å²) in [6.07, 6.45) is 4.12. The van der Waals surface area contributed by atoms with Crippen LogP contribution in [-0.4, -0.2) is 21.3 Å². The van der Waals surface area contributed by atoms with Crippen molar-refractivity contribution in [3.63, 3.8) is 0 Å². The zero-order chi connectivity index (χ0) is 14.5. The highest BCUT2D eigenvalue weighted by Gasteiger charge is 2.11. The summed E-state index contributed by atoms with van der Waals surface area (Å²) >= 11 is 1.76. The Kier molecular flexibility index (Phi) is 4.69. The molecule has 1 aromatic carbocycles. The zero-order valence-corrected chi connectivity index (χ0v) is 12.9. The Morgan fingerprint density at radius 3 is 2.00 bits per heavy atom. The van der Waals surface area contributed by atoms with Crippen molar-refractivity contribution in [3.05, 3.63) is 39.6 Å². The number of aryl methyl sites for hydroxylation is 1. The van der Waals surface area contributed by atoms with Crippen LogP contribution in [0, 0.1) is 6.92 Å². The average Bonchev–Trinajstić information content (AvgIpc) is 2.89. The summed E-state index contributed by atoms with van der Waals surface area (Å²) < 4.78 is 16.0. The van der Waals surface area contributed by atoms with E-state index >= 15 is 0 Å². The van der Waals surface area contributed by atoms with E-state index in [9.17, 15) is 0 Å². The number of hydrogen-bond acceptors (Lipinski definition) is 4. The lowest BCUT2D eigenvalue weighted by Gasteiger charge is -2.12. The molecule has 0 radical (unpaired) electrons. The highest BCUT2D eigenvalue weighted by molar-refractivity contribution is 7.12. The highest BCUT2D eigenvalue weighted by Crippen LogP contribution is 2.38. The van der Waals surface area contributed by atoms with Crippen LogP contribution in [0.1, 0.15) is 15.3 Å². The highest BCUT2D eigenvalue weighted by atomic mass is 32.1. The summed E-state index contributed by atoms with van der Waals surface area (Å²) in [5.41, 5.74) is 1.01. The molecule has 2 rings (SSSR count). The third-order valence-electron chi connectivity index (χ3n) is 2.89. The maximum Gasteiger partial charge on any atom is 0.203 e. The van der Waals surface area contributed by atoms with Crippen molar-refractivity contribution in [1.82, 2.24) is 0 Å². The van der Waals surface area contributed by atoms with Gasteiger partial charge in [-0.15, -0.1) is 11.3 Å². The third kappa shape index (κ3) is 3.14. The van der Waals surface area contributed by atoms with Crippen LogP contribution in [0.25, 0.3) is 12.2 Å². The normalized spacial score (nSPS) is 10.8. The van der Waals surface area contributed by atoms with Crippen LogP contribution < -0.4 is 14.2 Å². The fraction of sp³-hybridized carbons (Fsp3) is 0.250. The van der Waals surface area contributed by atoms with Gasteiger partial charge in [-0.25, -0.2) is 0 Å². The first-order chi connectivity index (χ1) is 9.67. The minimum Gasteiger partial charge on any atom is -0.493 e. The summed E-state index contributed by atoms with van der Waals surface area (Å²) in [6, 6.07) is 8.07. The van der Waals surface area contributed by atoms with Gasteiger partial charge in [0.05, 0.1) is 21.3 Å². The van der Waals surface area contributed by atoms with Crippen molar-refractivity contribution in [1.29, 1.82) is 0 Å². The number of ether oxygens (including phenoxy) is 3. The van der Waals surface area contributed by atoms with E-state index < -0.39 is 0 Å². The summed E-state index contributed by atoms with van der Waals surface area (Å²) in [5.74, 6) is 1.93. The minimum absolute atomic E-state index is 0.610. The van der Waals surface area contributed by atoms with Gasteiger partial charge < -0.3 is 14.2 Å². The monoisotopic (exact) mass is 290 g/mol. The van der Waals surface area contributed by atoms with Crippen molar-refractivity contribution in [3.8, 4) is 17.2 Å². The lowest BCUT2D eigenvalue weighted by molar-refractivity contribution is 0.324. The second kappa shape index (κ2) is 6.48. The van der Waals surface area contributed by atoms with Crippen molar-refractivity contribution < 1.29 is 14.2 Å². The Labute approximate surface area is 123 Å². The summed E-state index contributed by atoms with van der Waals surface area (Å²) in [7, 11) is 4.84. The quantitative estimate of drug-likeness (QED) is 0.823. The summed E-state index contributed by atoms with van der Waals surface area (Å²) in [6.45, 7) is 2.10. The van der Waals surface area contributed by atoms with Gasteiger partial charge in [0.1, 0.15) is 0 Å². The van der Waals surface area contributed by atoms with E-state index in [2.05, 4.69) is 25.1 Å². The second-order valence-electron chi connectivity index (χ2n) is 4.24. The molecule has 0 aliphatic heterocycles. The standard InChI is InChI=1S/C16H18O3S/c1-11-5-7-13(20-11)8-6-12-9-14(17-2)16(19-4)15(10-12)18-3/h5-10H,1-4H3/b8-6+. The maximum atomic E-state index is 5.34. The van der Waals surface area contributed by atoms with Crippen molar-refractivity contribution >= 4 is 23.5 Å². The van der Waals surface area contributed by atoms with Crippen molar-refractivity contribution in [2.24, 2.45) is 0 Å². The number of thiophene rings is 1. The van der Waals surface area contributed by atoms with E-state index in [0.717, 1.165) is 5.56 Å². The summed E-state index contributed by atoms with van der Waals surface area (Å²) in [4.78, 5) is 2.52. The zero-order valence-electron chi connectivity index (χ0n) is 12.1. The molecule has 1 aromatic heterocycles. The van der Waals surface area contributed by atoms with Gasteiger partial charge in [-0.1, -0.05) is 6.08 Å². The molecule has 20 heavy (non-hydrogen) atoms. The lowest BCUT2D eigenvalue weighted by atomic mass is 10.1. The van der Waals surface area contributed by atoms with Crippen LogP contribution in [0.3, 0.4) is 0 Å². The van der Waals surface area contributed by atoms with Gasteiger partial charge in [-0.2, -0.15) is 0 Å². The lowest BCUT2D eigenvalue weighted by Crippen LogP contribution is -1.95. The Balaban J connectivity index is 2.34. The molecule has 1 heterocycles. The predicted octanol–water partition coefficient (Wildman–Crippen LogP) is 4.25. The fourth-order valence-corrected chi connectivity index (χ4v) is 2.70. The molecule has 0 bridgehead atoms. The van der Waals surface area contributed by atoms with E-state index in [1.165, 1.54) is 9.75 Å². The minimum atomic E-state index is 0.610. The molecule has 4 heteroatoms. The van der Waals surface area contributed by atoms with Gasteiger partial charge in [0.2, 0.25) is 5.75 Å². The predicted molar refractivity (Wildman–Crippen MR) is 84.1 cm³/mol. The molecule has 0 N–H and O–H groups in total. The number of benzene rings is 1. The van der Waals surface area contributed by atoms with E-state index in [1.54, 1.807) is 32.7 Å². The molecule has 0 saturated carbocycles. The molecular formula is C16H18O3S. The SMILES string of the molecule is COc1cc(/C=C/c2ccc(C)s2)cc(OC)c1OC. The van der Waals surface area contributed by atoms with Crippen LogP contribution in [-0.2, 0) is 0 Å². The molecule has 0 amide bonds. The molecule has 0 fully saturated rings. The van der Waals surface area contributed by atoms with Gasteiger partial charge >= 0.3 is 0 Å². The molecule has 0 atom stereocenters. The van der Waals surface area contributed by atoms with E-state index in [-0.39, 0.29) is 0 Å². The molecule has 0 aliphatic rings. The van der Waals surface area contributed by atoms with Gasteiger partial charge in [0.15, 0.2) is 11.5 Å². The third-order valence-corrected chi connectivity index (χ3v) is 3.85. The van der Waals surface area contributed by atoms with E-state index in [0.29, 0.717) is 17.2 Å². The fourth-order valence-electron chi connectivity index (χ4n) is 1.92. The van der Waals surface area contributed by atoms with Crippen molar-refractivity contribution in [2.75, 3.05) is 21.3 Å².